The van der Waals surface area contributed by atoms with Crippen molar-refractivity contribution >= 4 is 28.5 Å². The summed E-state index contributed by atoms with van der Waals surface area (Å²) in [7, 11) is 1.62. The largest absolute Gasteiger partial charge is 0.493 e. The topological polar surface area (TPSA) is 81.8 Å². The molecule has 1 aromatic carbocycles. The van der Waals surface area contributed by atoms with Crippen molar-refractivity contribution < 1.29 is 9.47 Å². The van der Waals surface area contributed by atoms with E-state index in [4.69, 9.17) is 15.2 Å². The number of rotatable bonds is 8. The first kappa shape index (κ1) is 17.8. The van der Waals surface area contributed by atoms with Crippen molar-refractivity contribution in [3.63, 3.8) is 0 Å². The third-order valence-corrected chi connectivity index (χ3v) is 3.75. The summed E-state index contributed by atoms with van der Waals surface area (Å²) in [6.07, 6.45) is 4.26. The van der Waals surface area contributed by atoms with Gasteiger partial charge in [0.1, 0.15) is 5.82 Å². The zero-order valence-electron chi connectivity index (χ0n) is 14.1. The third-order valence-electron chi connectivity index (χ3n) is 2.99. The standard InChI is InChI=1S/C17H22N4O2S/c1-5-6-13-7-12(8-14(22-4)16(13)23-11(2)3)9-19-21-17-20-15(18)10-24-17/h5,7-11H,1,6,18H2,2-4H3,(H,20,21). The molecule has 7 heteroatoms. The van der Waals surface area contributed by atoms with E-state index in [1.165, 1.54) is 11.3 Å². The highest BCUT2D eigenvalue weighted by Crippen LogP contribution is 2.34. The van der Waals surface area contributed by atoms with E-state index in [0.717, 1.165) is 16.9 Å². The Bertz CT molecular complexity index is 725. The molecule has 1 heterocycles. The van der Waals surface area contributed by atoms with Crippen molar-refractivity contribution in [1.82, 2.24) is 4.98 Å². The highest BCUT2D eigenvalue weighted by molar-refractivity contribution is 7.14. The number of methoxy groups -OCH3 is 1. The lowest BCUT2D eigenvalue weighted by Gasteiger charge is -2.17. The minimum absolute atomic E-state index is 0.0546. The smallest absolute Gasteiger partial charge is 0.205 e. The Balaban J connectivity index is 2.25. The second-order valence-electron chi connectivity index (χ2n) is 5.32. The van der Waals surface area contributed by atoms with Gasteiger partial charge in [-0.25, -0.2) is 4.98 Å². The lowest BCUT2D eigenvalue weighted by Crippen LogP contribution is -2.09. The average Bonchev–Trinajstić information content (AvgIpc) is 2.94. The summed E-state index contributed by atoms with van der Waals surface area (Å²) in [4.78, 5) is 4.08. The van der Waals surface area contributed by atoms with Crippen molar-refractivity contribution in [2.45, 2.75) is 26.4 Å². The molecule has 3 N–H and O–H groups in total. The molecule has 0 radical (unpaired) electrons. The number of hydrogen-bond acceptors (Lipinski definition) is 7. The summed E-state index contributed by atoms with van der Waals surface area (Å²) in [5, 5.41) is 6.58. The van der Waals surface area contributed by atoms with Gasteiger partial charge in [-0.05, 0) is 38.0 Å². The van der Waals surface area contributed by atoms with E-state index in [-0.39, 0.29) is 6.10 Å². The molecule has 2 rings (SSSR count). The molecule has 0 aliphatic rings. The average molecular weight is 346 g/mol. The predicted octanol–water partition coefficient (Wildman–Crippen LogP) is 3.70. The fraction of sp³-hybridized carbons (Fsp3) is 0.294. The first-order valence-electron chi connectivity index (χ1n) is 7.52. The fourth-order valence-corrected chi connectivity index (χ4v) is 2.63. The fourth-order valence-electron chi connectivity index (χ4n) is 2.09. The Hall–Kier alpha value is -2.54. The summed E-state index contributed by atoms with van der Waals surface area (Å²) in [5.41, 5.74) is 10.3. The van der Waals surface area contributed by atoms with Crippen LogP contribution in [-0.4, -0.2) is 24.4 Å². The molecule has 128 valence electrons. The number of hydrogen-bond donors (Lipinski definition) is 2. The SMILES string of the molecule is C=CCc1cc(C=NNc2nc(N)cs2)cc(OC)c1OC(C)C. The highest BCUT2D eigenvalue weighted by Gasteiger charge is 2.13. The molecule has 1 aromatic heterocycles. The second-order valence-corrected chi connectivity index (χ2v) is 6.18. The number of thiazole rings is 1. The van der Waals surface area contributed by atoms with Gasteiger partial charge in [0.25, 0.3) is 0 Å². The van der Waals surface area contributed by atoms with Crippen LogP contribution in [-0.2, 0) is 6.42 Å². The molecule has 0 saturated carbocycles. The van der Waals surface area contributed by atoms with Crippen molar-refractivity contribution in [1.29, 1.82) is 0 Å². The van der Waals surface area contributed by atoms with E-state index < -0.39 is 0 Å². The van der Waals surface area contributed by atoms with Gasteiger partial charge in [0, 0.05) is 10.9 Å². The highest BCUT2D eigenvalue weighted by atomic mass is 32.1. The van der Waals surface area contributed by atoms with Crippen LogP contribution in [0.4, 0.5) is 10.9 Å². The Morgan fingerprint density at radius 2 is 2.25 bits per heavy atom. The first-order chi connectivity index (χ1) is 11.5. The van der Waals surface area contributed by atoms with Gasteiger partial charge in [0.15, 0.2) is 11.5 Å². The van der Waals surface area contributed by atoms with Crippen molar-refractivity contribution in [2.75, 3.05) is 18.3 Å². The second kappa shape index (κ2) is 8.35. The molecule has 0 aliphatic heterocycles. The summed E-state index contributed by atoms with van der Waals surface area (Å²) >= 11 is 1.39. The Morgan fingerprint density at radius 1 is 1.46 bits per heavy atom. The molecule has 0 aliphatic carbocycles. The predicted molar refractivity (Wildman–Crippen MR) is 100 cm³/mol. The van der Waals surface area contributed by atoms with Crippen molar-refractivity contribution in [3.05, 3.63) is 41.3 Å². The molecular weight excluding hydrogens is 324 g/mol. The van der Waals surface area contributed by atoms with Crippen molar-refractivity contribution in [3.8, 4) is 11.5 Å². The van der Waals surface area contributed by atoms with Gasteiger partial charge in [-0.1, -0.05) is 6.08 Å². The minimum atomic E-state index is 0.0546. The van der Waals surface area contributed by atoms with Crippen LogP contribution in [0.15, 0.2) is 35.3 Å². The molecule has 0 amide bonds. The molecule has 0 saturated heterocycles. The van der Waals surface area contributed by atoms with Gasteiger partial charge in [0.2, 0.25) is 5.13 Å². The van der Waals surface area contributed by atoms with E-state index >= 15 is 0 Å². The van der Waals surface area contributed by atoms with Gasteiger partial charge in [-0.15, -0.1) is 17.9 Å². The number of hydrazone groups is 1. The van der Waals surface area contributed by atoms with E-state index in [9.17, 15) is 0 Å². The molecule has 0 atom stereocenters. The van der Waals surface area contributed by atoms with Crippen LogP contribution in [0.25, 0.3) is 0 Å². The molecule has 0 fully saturated rings. The zero-order chi connectivity index (χ0) is 17.5. The van der Waals surface area contributed by atoms with E-state index in [1.807, 2.05) is 32.1 Å². The van der Waals surface area contributed by atoms with Crippen molar-refractivity contribution in [2.24, 2.45) is 5.10 Å². The van der Waals surface area contributed by atoms with Gasteiger partial charge in [-0.2, -0.15) is 5.10 Å². The van der Waals surface area contributed by atoms with E-state index in [1.54, 1.807) is 18.7 Å². The molecule has 0 spiro atoms. The van der Waals surface area contributed by atoms with Gasteiger partial charge < -0.3 is 15.2 Å². The number of nitrogens with zero attached hydrogens (tertiary/aromatic N) is 2. The Labute approximate surface area is 146 Å². The monoisotopic (exact) mass is 346 g/mol. The van der Waals surface area contributed by atoms with Crippen LogP contribution in [0.5, 0.6) is 11.5 Å². The first-order valence-corrected chi connectivity index (χ1v) is 8.40. The number of nitrogens with one attached hydrogen (secondary N) is 1. The minimum Gasteiger partial charge on any atom is -0.493 e. The van der Waals surface area contributed by atoms with Crippen LogP contribution in [0.2, 0.25) is 0 Å². The zero-order valence-corrected chi connectivity index (χ0v) is 14.9. The number of nitrogens with two attached hydrogens (primary N) is 1. The number of nitrogen functional groups attached to an aromatic ring is 1. The summed E-state index contributed by atoms with van der Waals surface area (Å²) < 4.78 is 11.4. The van der Waals surface area contributed by atoms with Crippen LogP contribution < -0.4 is 20.6 Å². The molecular formula is C17H22N4O2S. The number of anilines is 2. The van der Waals surface area contributed by atoms with Gasteiger partial charge in [-0.3, -0.25) is 5.43 Å². The molecule has 6 nitrogen and oxygen atoms in total. The number of ether oxygens (including phenoxy) is 2. The molecule has 0 bridgehead atoms. The molecule has 2 aromatic rings. The molecule has 24 heavy (non-hydrogen) atoms. The summed E-state index contributed by atoms with van der Waals surface area (Å²) in [6.45, 7) is 7.77. The number of benzene rings is 1. The molecule has 0 unspecified atom stereocenters. The summed E-state index contributed by atoms with van der Waals surface area (Å²) in [6, 6.07) is 3.88. The Morgan fingerprint density at radius 3 is 2.83 bits per heavy atom. The maximum Gasteiger partial charge on any atom is 0.205 e. The van der Waals surface area contributed by atoms with Crippen LogP contribution >= 0.6 is 11.3 Å². The van der Waals surface area contributed by atoms with E-state index in [2.05, 4.69) is 22.1 Å². The Kier molecular flexibility index (Phi) is 6.20. The lowest BCUT2D eigenvalue weighted by molar-refractivity contribution is 0.228. The number of allylic oxidation sites excluding steroid dienone is 1. The van der Waals surface area contributed by atoms with Crippen LogP contribution in [0.1, 0.15) is 25.0 Å². The maximum absolute atomic E-state index is 5.90. The van der Waals surface area contributed by atoms with Gasteiger partial charge >= 0.3 is 0 Å². The third kappa shape index (κ3) is 4.73. The number of aromatic nitrogens is 1. The quantitative estimate of drug-likeness (QED) is 0.433. The van der Waals surface area contributed by atoms with Crippen LogP contribution in [0.3, 0.4) is 0 Å². The summed E-state index contributed by atoms with van der Waals surface area (Å²) in [5.74, 6) is 1.89. The van der Waals surface area contributed by atoms with E-state index in [0.29, 0.717) is 23.1 Å². The lowest BCUT2D eigenvalue weighted by atomic mass is 10.1. The normalized spacial score (nSPS) is 11.0. The van der Waals surface area contributed by atoms with Gasteiger partial charge in [0.05, 0.1) is 19.4 Å². The maximum atomic E-state index is 5.90. The van der Waals surface area contributed by atoms with Crippen LogP contribution in [0, 0.1) is 0 Å².